The Labute approximate surface area is 152 Å². The molecular formula is C14H23BrCl2N4O. The van der Waals surface area contributed by atoms with Crippen LogP contribution in [0.4, 0.5) is 5.82 Å². The van der Waals surface area contributed by atoms with E-state index in [0.29, 0.717) is 23.8 Å². The molecular weight excluding hydrogens is 391 g/mol. The topological polar surface area (TPSA) is 71.2 Å². The van der Waals surface area contributed by atoms with Gasteiger partial charge in [0.2, 0.25) is 0 Å². The molecule has 5 nitrogen and oxygen atoms in total. The zero-order valence-corrected chi connectivity index (χ0v) is 15.9. The van der Waals surface area contributed by atoms with E-state index in [2.05, 4.69) is 26.2 Å². The van der Waals surface area contributed by atoms with Crippen molar-refractivity contribution in [1.29, 1.82) is 0 Å². The summed E-state index contributed by atoms with van der Waals surface area (Å²) in [5.74, 6) is 0.989. The first-order chi connectivity index (χ1) is 9.52. The first-order valence-electron chi connectivity index (χ1n) is 6.86. The van der Waals surface area contributed by atoms with Gasteiger partial charge in [-0.25, -0.2) is 4.98 Å². The molecule has 1 aromatic heterocycles. The Hall–Kier alpha value is -0.560. The van der Waals surface area contributed by atoms with Gasteiger partial charge in [-0.3, -0.25) is 4.79 Å². The molecule has 126 valence electrons. The summed E-state index contributed by atoms with van der Waals surface area (Å²) in [4.78, 5) is 18.6. The number of nitrogens with zero attached hydrogens (tertiary/aromatic N) is 2. The second-order valence-corrected chi connectivity index (χ2v) is 6.34. The number of carbonyl (C=O) groups excluding carboxylic acids is 1. The summed E-state index contributed by atoms with van der Waals surface area (Å²) < 4.78 is 0.801. The van der Waals surface area contributed by atoms with Crippen LogP contribution < -0.4 is 16.0 Å². The van der Waals surface area contributed by atoms with Crippen LogP contribution in [0.25, 0.3) is 0 Å². The van der Waals surface area contributed by atoms with Gasteiger partial charge in [-0.2, -0.15) is 0 Å². The summed E-state index contributed by atoms with van der Waals surface area (Å²) in [5, 5.41) is 3.11. The van der Waals surface area contributed by atoms with Crippen LogP contribution >= 0.6 is 40.7 Å². The molecule has 1 heterocycles. The number of hydrogen-bond acceptors (Lipinski definition) is 4. The Balaban J connectivity index is 0.00000220. The fourth-order valence-corrected chi connectivity index (χ4v) is 3.04. The van der Waals surface area contributed by atoms with Gasteiger partial charge in [0.1, 0.15) is 5.82 Å². The van der Waals surface area contributed by atoms with Gasteiger partial charge >= 0.3 is 0 Å². The summed E-state index contributed by atoms with van der Waals surface area (Å²) in [6.07, 6.45) is 4.93. The highest BCUT2D eigenvalue weighted by Crippen LogP contribution is 2.26. The van der Waals surface area contributed by atoms with Gasteiger partial charge in [0.15, 0.2) is 0 Å². The molecule has 22 heavy (non-hydrogen) atoms. The number of anilines is 1. The molecule has 0 aliphatic heterocycles. The highest BCUT2D eigenvalue weighted by atomic mass is 79.9. The quantitative estimate of drug-likeness (QED) is 0.795. The number of amides is 1. The molecule has 1 aromatic rings. The summed E-state index contributed by atoms with van der Waals surface area (Å²) in [6, 6.07) is 1.99. The smallest absolute Gasteiger partial charge is 0.255 e. The number of nitrogens with one attached hydrogen (secondary N) is 1. The van der Waals surface area contributed by atoms with Crippen LogP contribution in [0.2, 0.25) is 0 Å². The fraction of sp³-hybridized carbons (Fsp3) is 0.571. The number of pyridine rings is 1. The van der Waals surface area contributed by atoms with Crippen LogP contribution in [0.5, 0.6) is 0 Å². The second-order valence-electron chi connectivity index (χ2n) is 5.43. The Morgan fingerprint density at radius 3 is 2.73 bits per heavy atom. The average Bonchev–Trinajstić information content (AvgIpc) is 2.85. The molecule has 0 radical (unpaired) electrons. The van der Waals surface area contributed by atoms with E-state index < -0.39 is 0 Å². The Kier molecular flexibility index (Phi) is 9.31. The van der Waals surface area contributed by atoms with Crippen molar-refractivity contribution in [3.63, 3.8) is 0 Å². The molecule has 1 saturated carbocycles. The van der Waals surface area contributed by atoms with Crippen LogP contribution in [-0.2, 0) is 0 Å². The fourth-order valence-electron chi connectivity index (χ4n) is 2.71. The standard InChI is InChI=1S/C14H21BrN4O.2ClH/c1-19(2)13-11(6-10(15)8-17-13)14(20)18-12-5-3-4-9(12)7-16;;/h6,8-9,12H,3-5,7,16H2,1-2H3,(H,18,20);2*1H. The Morgan fingerprint density at radius 1 is 1.45 bits per heavy atom. The largest absolute Gasteiger partial charge is 0.362 e. The lowest BCUT2D eigenvalue weighted by Crippen LogP contribution is -2.40. The zero-order chi connectivity index (χ0) is 14.7. The minimum absolute atomic E-state index is 0. The van der Waals surface area contributed by atoms with Gasteiger partial charge in [0, 0.05) is 30.8 Å². The van der Waals surface area contributed by atoms with Gasteiger partial charge in [-0.1, -0.05) is 6.42 Å². The third kappa shape index (κ3) is 4.98. The molecule has 0 aromatic carbocycles. The summed E-state index contributed by atoms with van der Waals surface area (Å²) >= 11 is 3.37. The normalized spacial score (nSPS) is 19.8. The summed E-state index contributed by atoms with van der Waals surface area (Å²) in [7, 11) is 3.76. The maximum atomic E-state index is 12.5. The van der Waals surface area contributed by atoms with E-state index in [1.165, 1.54) is 0 Å². The first kappa shape index (κ1) is 21.4. The lowest BCUT2D eigenvalue weighted by atomic mass is 10.0. The van der Waals surface area contributed by atoms with Gasteiger partial charge in [-0.05, 0) is 47.3 Å². The number of hydrogen-bond donors (Lipinski definition) is 2. The van der Waals surface area contributed by atoms with Crippen molar-refractivity contribution >= 4 is 52.5 Å². The van der Waals surface area contributed by atoms with Crippen LogP contribution in [0.15, 0.2) is 16.7 Å². The molecule has 2 unspecified atom stereocenters. The van der Waals surface area contributed by atoms with E-state index >= 15 is 0 Å². The minimum Gasteiger partial charge on any atom is -0.362 e. The predicted molar refractivity (Wildman–Crippen MR) is 98.4 cm³/mol. The number of aromatic nitrogens is 1. The summed E-state index contributed by atoms with van der Waals surface area (Å²) in [6.45, 7) is 0.627. The Morgan fingerprint density at radius 2 is 2.14 bits per heavy atom. The summed E-state index contributed by atoms with van der Waals surface area (Å²) in [5.41, 5.74) is 6.35. The highest BCUT2D eigenvalue weighted by molar-refractivity contribution is 9.10. The van der Waals surface area contributed by atoms with Crippen LogP contribution in [0.1, 0.15) is 29.6 Å². The number of rotatable bonds is 4. The van der Waals surface area contributed by atoms with Gasteiger partial charge in [0.05, 0.1) is 5.56 Å². The maximum Gasteiger partial charge on any atom is 0.255 e. The molecule has 2 rings (SSSR count). The molecule has 0 saturated heterocycles. The van der Waals surface area contributed by atoms with Crippen LogP contribution in [0, 0.1) is 5.92 Å². The van der Waals surface area contributed by atoms with Crippen LogP contribution in [-0.4, -0.2) is 37.6 Å². The molecule has 1 aliphatic rings. The SMILES string of the molecule is CN(C)c1ncc(Br)cc1C(=O)NC1CCCC1CN.Cl.Cl. The molecule has 1 fully saturated rings. The lowest BCUT2D eigenvalue weighted by Gasteiger charge is -2.21. The third-order valence-electron chi connectivity index (χ3n) is 3.78. The molecule has 8 heteroatoms. The van der Waals surface area contributed by atoms with Gasteiger partial charge in [0.25, 0.3) is 5.91 Å². The van der Waals surface area contributed by atoms with Crippen molar-refractivity contribution in [2.75, 3.05) is 25.5 Å². The van der Waals surface area contributed by atoms with E-state index in [1.807, 2.05) is 25.1 Å². The van der Waals surface area contributed by atoms with Gasteiger partial charge in [-0.15, -0.1) is 24.8 Å². The highest BCUT2D eigenvalue weighted by Gasteiger charge is 2.28. The van der Waals surface area contributed by atoms with E-state index in [-0.39, 0.29) is 36.8 Å². The maximum absolute atomic E-state index is 12.5. The number of carbonyl (C=O) groups is 1. The third-order valence-corrected chi connectivity index (χ3v) is 4.21. The van der Waals surface area contributed by atoms with E-state index in [0.717, 1.165) is 23.7 Å². The van der Waals surface area contributed by atoms with E-state index in [9.17, 15) is 4.79 Å². The minimum atomic E-state index is -0.0761. The van der Waals surface area contributed by atoms with Crippen molar-refractivity contribution in [3.8, 4) is 0 Å². The van der Waals surface area contributed by atoms with E-state index in [4.69, 9.17) is 5.73 Å². The van der Waals surface area contributed by atoms with Crippen LogP contribution in [0.3, 0.4) is 0 Å². The van der Waals surface area contributed by atoms with Crippen molar-refractivity contribution in [1.82, 2.24) is 10.3 Å². The van der Waals surface area contributed by atoms with Crippen molar-refractivity contribution in [3.05, 3.63) is 22.3 Å². The number of halogens is 3. The average molecular weight is 414 g/mol. The van der Waals surface area contributed by atoms with Crippen molar-refractivity contribution < 1.29 is 4.79 Å². The predicted octanol–water partition coefficient (Wildman–Crippen LogP) is 2.61. The second kappa shape index (κ2) is 9.55. The molecule has 2 atom stereocenters. The number of nitrogens with two attached hydrogens (primary N) is 1. The van der Waals surface area contributed by atoms with Gasteiger partial charge < -0.3 is 16.0 Å². The zero-order valence-electron chi connectivity index (χ0n) is 12.7. The molecule has 1 amide bonds. The molecule has 1 aliphatic carbocycles. The lowest BCUT2D eigenvalue weighted by molar-refractivity contribution is 0.0929. The molecule has 0 spiro atoms. The van der Waals surface area contributed by atoms with Crippen molar-refractivity contribution in [2.45, 2.75) is 25.3 Å². The van der Waals surface area contributed by atoms with E-state index in [1.54, 1.807) is 6.20 Å². The first-order valence-corrected chi connectivity index (χ1v) is 7.66. The molecule has 3 N–H and O–H groups in total. The monoisotopic (exact) mass is 412 g/mol. The van der Waals surface area contributed by atoms with Crippen molar-refractivity contribution in [2.24, 2.45) is 11.7 Å². The molecule has 0 bridgehead atoms. The Bertz CT molecular complexity index is 502.